The molecule has 1 aromatic heterocycles. The molecule has 1 heterocycles. The third-order valence-electron chi connectivity index (χ3n) is 2.59. The smallest absolute Gasteiger partial charge is 0.186 e. The van der Waals surface area contributed by atoms with Gasteiger partial charge in [0.15, 0.2) is 5.13 Å². The zero-order valence-electron chi connectivity index (χ0n) is 8.97. The first kappa shape index (κ1) is 10.4. The van der Waals surface area contributed by atoms with E-state index in [0.717, 1.165) is 10.6 Å². The zero-order valence-corrected chi connectivity index (χ0v) is 9.79. The number of thiazole rings is 1. The van der Waals surface area contributed by atoms with Crippen molar-refractivity contribution in [3.63, 3.8) is 0 Å². The van der Waals surface area contributed by atoms with Crippen molar-refractivity contribution in [2.75, 3.05) is 18.5 Å². The largest absolute Gasteiger partial charge is 0.347 e. The molecule has 4 heteroatoms. The predicted octanol–water partition coefficient (Wildman–Crippen LogP) is 2.08. The van der Waals surface area contributed by atoms with Crippen molar-refractivity contribution in [1.82, 2.24) is 4.98 Å². The number of rotatable bonds is 3. The van der Waals surface area contributed by atoms with Crippen molar-refractivity contribution in [2.24, 2.45) is 5.73 Å². The van der Waals surface area contributed by atoms with Crippen LogP contribution in [0, 0.1) is 0 Å². The monoisotopic (exact) mass is 221 g/mol. The standard InChI is InChI=1S/C11H15N3S/c1-8(7-12)14(2)11-13-9-5-3-4-6-10(9)15-11/h3-6,8H,7,12H2,1-2H3. The van der Waals surface area contributed by atoms with Gasteiger partial charge in [-0.05, 0) is 19.1 Å². The average molecular weight is 221 g/mol. The van der Waals surface area contributed by atoms with Crippen LogP contribution in [0.2, 0.25) is 0 Å². The first-order valence-corrected chi connectivity index (χ1v) is 5.82. The van der Waals surface area contributed by atoms with Gasteiger partial charge in [-0.25, -0.2) is 4.98 Å². The molecule has 2 rings (SSSR count). The summed E-state index contributed by atoms with van der Waals surface area (Å²) < 4.78 is 1.23. The highest BCUT2D eigenvalue weighted by atomic mass is 32.1. The Morgan fingerprint density at radius 2 is 2.20 bits per heavy atom. The molecule has 0 saturated heterocycles. The van der Waals surface area contributed by atoms with E-state index in [1.807, 2.05) is 25.2 Å². The molecular formula is C11H15N3S. The van der Waals surface area contributed by atoms with E-state index < -0.39 is 0 Å². The molecule has 80 valence electrons. The van der Waals surface area contributed by atoms with Crippen molar-refractivity contribution in [3.05, 3.63) is 24.3 Å². The summed E-state index contributed by atoms with van der Waals surface area (Å²) in [7, 11) is 2.04. The summed E-state index contributed by atoms with van der Waals surface area (Å²) in [5, 5.41) is 1.04. The van der Waals surface area contributed by atoms with Crippen LogP contribution in [0.5, 0.6) is 0 Å². The summed E-state index contributed by atoms with van der Waals surface area (Å²) >= 11 is 1.71. The molecular weight excluding hydrogens is 206 g/mol. The van der Waals surface area contributed by atoms with E-state index in [-0.39, 0.29) is 0 Å². The lowest BCUT2D eigenvalue weighted by molar-refractivity contribution is 0.694. The number of nitrogens with zero attached hydrogens (tertiary/aromatic N) is 2. The highest BCUT2D eigenvalue weighted by Gasteiger charge is 2.12. The average Bonchev–Trinajstić information content (AvgIpc) is 2.70. The van der Waals surface area contributed by atoms with Gasteiger partial charge >= 0.3 is 0 Å². The SMILES string of the molecule is CC(CN)N(C)c1nc2ccccc2s1. The molecule has 0 aliphatic rings. The maximum absolute atomic E-state index is 5.64. The van der Waals surface area contributed by atoms with Crippen molar-refractivity contribution in [2.45, 2.75) is 13.0 Å². The van der Waals surface area contributed by atoms with Crippen molar-refractivity contribution >= 4 is 26.7 Å². The number of hydrogen-bond acceptors (Lipinski definition) is 4. The van der Waals surface area contributed by atoms with Gasteiger partial charge in [-0.15, -0.1) is 0 Å². The van der Waals surface area contributed by atoms with E-state index in [2.05, 4.69) is 22.9 Å². The van der Waals surface area contributed by atoms with Gasteiger partial charge in [0.25, 0.3) is 0 Å². The highest BCUT2D eigenvalue weighted by Crippen LogP contribution is 2.28. The van der Waals surface area contributed by atoms with Gasteiger partial charge in [0.05, 0.1) is 10.2 Å². The number of para-hydroxylation sites is 1. The van der Waals surface area contributed by atoms with Gasteiger partial charge in [0, 0.05) is 19.6 Å². The molecule has 0 spiro atoms. The van der Waals surface area contributed by atoms with Crippen LogP contribution in [0.1, 0.15) is 6.92 Å². The van der Waals surface area contributed by atoms with Crippen LogP contribution in [-0.2, 0) is 0 Å². The molecule has 0 aliphatic heterocycles. The Balaban J connectivity index is 2.36. The molecule has 0 bridgehead atoms. The van der Waals surface area contributed by atoms with Crippen LogP contribution in [0.4, 0.5) is 5.13 Å². The number of aromatic nitrogens is 1. The van der Waals surface area contributed by atoms with Crippen LogP contribution >= 0.6 is 11.3 Å². The van der Waals surface area contributed by atoms with Gasteiger partial charge in [0.1, 0.15) is 0 Å². The van der Waals surface area contributed by atoms with E-state index >= 15 is 0 Å². The maximum Gasteiger partial charge on any atom is 0.186 e. The molecule has 0 radical (unpaired) electrons. The lowest BCUT2D eigenvalue weighted by atomic mass is 10.3. The number of fused-ring (bicyclic) bond motifs is 1. The molecule has 0 saturated carbocycles. The van der Waals surface area contributed by atoms with Crippen LogP contribution in [0.15, 0.2) is 24.3 Å². The lowest BCUT2D eigenvalue weighted by Crippen LogP contribution is -2.35. The van der Waals surface area contributed by atoms with Gasteiger partial charge in [-0.1, -0.05) is 23.5 Å². The van der Waals surface area contributed by atoms with Crippen LogP contribution < -0.4 is 10.6 Å². The number of nitrogens with two attached hydrogens (primary N) is 1. The Bertz CT molecular complexity index is 419. The summed E-state index contributed by atoms with van der Waals surface area (Å²) in [5.41, 5.74) is 6.70. The Morgan fingerprint density at radius 3 is 2.87 bits per heavy atom. The second kappa shape index (κ2) is 4.16. The Kier molecular flexibility index (Phi) is 2.88. The molecule has 1 atom stereocenters. The van der Waals surface area contributed by atoms with Crippen molar-refractivity contribution < 1.29 is 0 Å². The molecule has 3 nitrogen and oxygen atoms in total. The van der Waals surface area contributed by atoms with Crippen molar-refractivity contribution in [3.8, 4) is 0 Å². The minimum Gasteiger partial charge on any atom is -0.347 e. The van der Waals surface area contributed by atoms with Crippen LogP contribution in [0.3, 0.4) is 0 Å². The molecule has 15 heavy (non-hydrogen) atoms. The predicted molar refractivity (Wildman–Crippen MR) is 66.5 cm³/mol. The summed E-state index contributed by atoms with van der Waals surface area (Å²) in [6.07, 6.45) is 0. The van der Waals surface area contributed by atoms with Gasteiger partial charge in [-0.2, -0.15) is 0 Å². The van der Waals surface area contributed by atoms with E-state index in [1.165, 1.54) is 4.70 Å². The zero-order chi connectivity index (χ0) is 10.8. The Morgan fingerprint density at radius 1 is 1.47 bits per heavy atom. The highest BCUT2D eigenvalue weighted by molar-refractivity contribution is 7.22. The summed E-state index contributed by atoms with van der Waals surface area (Å²) in [6.45, 7) is 2.75. The summed E-state index contributed by atoms with van der Waals surface area (Å²) in [5.74, 6) is 0. The minimum absolute atomic E-state index is 0.325. The fraction of sp³-hybridized carbons (Fsp3) is 0.364. The molecule has 2 N–H and O–H groups in total. The van der Waals surface area contributed by atoms with E-state index in [4.69, 9.17) is 5.73 Å². The van der Waals surface area contributed by atoms with Crippen molar-refractivity contribution in [1.29, 1.82) is 0 Å². The normalized spacial score (nSPS) is 13.0. The lowest BCUT2D eigenvalue weighted by Gasteiger charge is -2.22. The molecule has 0 aliphatic carbocycles. The van der Waals surface area contributed by atoms with Crippen LogP contribution in [0.25, 0.3) is 10.2 Å². The molecule has 0 amide bonds. The van der Waals surface area contributed by atoms with Crippen LogP contribution in [-0.4, -0.2) is 24.6 Å². The Labute approximate surface area is 93.5 Å². The topological polar surface area (TPSA) is 42.1 Å². The van der Waals surface area contributed by atoms with Gasteiger partial charge < -0.3 is 10.6 Å². The number of benzene rings is 1. The summed E-state index contributed by atoms with van der Waals surface area (Å²) in [4.78, 5) is 6.70. The maximum atomic E-state index is 5.64. The van der Waals surface area contributed by atoms with Gasteiger partial charge in [-0.3, -0.25) is 0 Å². The summed E-state index contributed by atoms with van der Waals surface area (Å²) in [6, 6.07) is 8.51. The first-order valence-electron chi connectivity index (χ1n) is 5.01. The number of anilines is 1. The number of likely N-dealkylation sites (N-methyl/N-ethyl adjacent to an activating group) is 1. The van der Waals surface area contributed by atoms with Gasteiger partial charge in [0.2, 0.25) is 0 Å². The second-order valence-corrected chi connectivity index (χ2v) is 4.67. The minimum atomic E-state index is 0.325. The van der Waals surface area contributed by atoms with E-state index in [0.29, 0.717) is 12.6 Å². The second-order valence-electron chi connectivity index (χ2n) is 3.66. The molecule has 2 aromatic rings. The van der Waals surface area contributed by atoms with E-state index in [9.17, 15) is 0 Å². The number of hydrogen-bond donors (Lipinski definition) is 1. The molecule has 1 aromatic carbocycles. The third kappa shape index (κ3) is 1.96. The molecule has 0 fully saturated rings. The quantitative estimate of drug-likeness (QED) is 0.863. The Hall–Kier alpha value is -1.13. The third-order valence-corrected chi connectivity index (χ3v) is 3.71. The fourth-order valence-electron chi connectivity index (χ4n) is 1.36. The molecule has 1 unspecified atom stereocenters. The first-order chi connectivity index (χ1) is 7.22. The fourth-order valence-corrected chi connectivity index (χ4v) is 2.39. The van der Waals surface area contributed by atoms with E-state index in [1.54, 1.807) is 11.3 Å².